The van der Waals surface area contributed by atoms with Crippen molar-refractivity contribution in [3.05, 3.63) is 29.6 Å². The highest BCUT2D eigenvalue weighted by Gasteiger charge is 2.27. The van der Waals surface area contributed by atoms with Gasteiger partial charge in [0.15, 0.2) is 17.5 Å². The van der Waals surface area contributed by atoms with E-state index >= 15 is 0 Å². The van der Waals surface area contributed by atoms with Crippen LogP contribution in [-0.4, -0.2) is 18.5 Å². The van der Waals surface area contributed by atoms with Crippen molar-refractivity contribution >= 4 is 11.6 Å². The first-order valence-corrected chi connectivity index (χ1v) is 6.18. The Morgan fingerprint density at radius 3 is 2.53 bits per heavy atom. The Hall–Kier alpha value is -1.56. The number of carbonyl (C=O) groups is 1. The molecule has 1 aromatic rings. The maximum Gasteiger partial charge on any atom is 0.241 e. The molecule has 0 saturated carbocycles. The number of anilines is 1. The molecule has 2 N–H and O–H groups in total. The van der Waals surface area contributed by atoms with E-state index in [1.54, 1.807) is 0 Å². The van der Waals surface area contributed by atoms with Crippen molar-refractivity contribution in [2.24, 2.45) is 5.92 Å². The first-order chi connectivity index (χ1) is 8.99. The fourth-order valence-corrected chi connectivity index (χ4v) is 2.25. The molecule has 0 spiro atoms. The van der Waals surface area contributed by atoms with Crippen LogP contribution in [0.3, 0.4) is 0 Å². The molecule has 2 rings (SSSR count). The minimum absolute atomic E-state index is 0.0824. The third kappa shape index (κ3) is 3.07. The van der Waals surface area contributed by atoms with Gasteiger partial charge in [0.1, 0.15) is 0 Å². The van der Waals surface area contributed by atoms with Crippen molar-refractivity contribution in [3.63, 3.8) is 0 Å². The average Bonchev–Trinajstić information content (AvgIpc) is 2.36. The van der Waals surface area contributed by atoms with Crippen LogP contribution in [0.1, 0.15) is 19.8 Å². The zero-order chi connectivity index (χ0) is 14.0. The summed E-state index contributed by atoms with van der Waals surface area (Å²) in [6.45, 7) is 2.66. The zero-order valence-electron chi connectivity index (χ0n) is 10.5. The monoisotopic (exact) mass is 272 g/mol. The molecule has 2 atom stereocenters. The third-order valence-electron chi connectivity index (χ3n) is 3.30. The smallest absolute Gasteiger partial charge is 0.241 e. The van der Waals surface area contributed by atoms with Crippen LogP contribution in [-0.2, 0) is 4.79 Å². The predicted octanol–water partition coefficient (Wildman–Crippen LogP) is 2.43. The van der Waals surface area contributed by atoms with Crippen LogP contribution in [0.2, 0.25) is 0 Å². The molecule has 1 heterocycles. The summed E-state index contributed by atoms with van der Waals surface area (Å²) in [5.74, 6) is -4.40. The molecule has 1 aliphatic rings. The molecule has 1 saturated heterocycles. The summed E-state index contributed by atoms with van der Waals surface area (Å²) in [6, 6.07) is 1.14. The molecular weight excluding hydrogens is 257 g/mol. The predicted molar refractivity (Wildman–Crippen MR) is 65.1 cm³/mol. The van der Waals surface area contributed by atoms with Crippen LogP contribution < -0.4 is 10.6 Å². The maximum atomic E-state index is 13.0. The fraction of sp³-hybridized carbons (Fsp3) is 0.462. The van der Waals surface area contributed by atoms with Gasteiger partial charge in [0, 0.05) is 17.8 Å². The van der Waals surface area contributed by atoms with Crippen molar-refractivity contribution in [2.45, 2.75) is 25.8 Å². The highest BCUT2D eigenvalue weighted by molar-refractivity contribution is 5.95. The molecule has 0 aliphatic carbocycles. The quantitative estimate of drug-likeness (QED) is 0.812. The average molecular weight is 272 g/mol. The number of amides is 1. The fourth-order valence-electron chi connectivity index (χ4n) is 2.25. The molecule has 19 heavy (non-hydrogen) atoms. The number of nitrogens with one attached hydrogen (secondary N) is 2. The van der Waals surface area contributed by atoms with Crippen LogP contribution in [0.4, 0.5) is 18.9 Å². The Morgan fingerprint density at radius 1 is 1.32 bits per heavy atom. The van der Waals surface area contributed by atoms with Gasteiger partial charge < -0.3 is 10.6 Å². The van der Waals surface area contributed by atoms with Gasteiger partial charge in [0.05, 0.1) is 6.04 Å². The van der Waals surface area contributed by atoms with Crippen molar-refractivity contribution in [1.29, 1.82) is 0 Å². The van der Waals surface area contributed by atoms with E-state index in [1.165, 1.54) is 0 Å². The van der Waals surface area contributed by atoms with Gasteiger partial charge in [-0.3, -0.25) is 4.79 Å². The Labute approximate surface area is 109 Å². The number of hydrogen-bond donors (Lipinski definition) is 2. The summed E-state index contributed by atoms with van der Waals surface area (Å²) in [5.41, 5.74) is -0.0824. The van der Waals surface area contributed by atoms with Crippen molar-refractivity contribution in [1.82, 2.24) is 5.32 Å². The third-order valence-corrected chi connectivity index (χ3v) is 3.30. The second-order valence-corrected chi connectivity index (χ2v) is 4.79. The van der Waals surface area contributed by atoms with Crippen LogP contribution >= 0.6 is 0 Å². The number of piperidine rings is 1. The number of rotatable bonds is 2. The summed E-state index contributed by atoms with van der Waals surface area (Å²) in [7, 11) is 0. The number of hydrogen-bond acceptors (Lipinski definition) is 2. The van der Waals surface area contributed by atoms with Gasteiger partial charge in [0.25, 0.3) is 0 Å². The Bertz CT molecular complexity index is 470. The summed E-state index contributed by atoms with van der Waals surface area (Å²) in [5, 5.41) is 5.46. The lowest BCUT2D eigenvalue weighted by molar-refractivity contribution is -0.119. The molecule has 104 valence electrons. The topological polar surface area (TPSA) is 41.1 Å². The van der Waals surface area contributed by atoms with Crippen LogP contribution in [0, 0.1) is 23.4 Å². The standard InChI is InChI=1S/C13H15F3N2O/c1-7-3-2-4-17-12(7)13(19)18-8-5-9(14)11(16)10(15)6-8/h5-7,12,17H,2-4H2,1H3,(H,18,19). The summed E-state index contributed by atoms with van der Waals surface area (Å²) in [4.78, 5) is 12.0. The second kappa shape index (κ2) is 5.61. The first kappa shape index (κ1) is 13.9. The lowest BCUT2D eigenvalue weighted by atomic mass is 9.92. The molecule has 3 nitrogen and oxygen atoms in total. The minimum Gasteiger partial charge on any atom is -0.325 e. The number of benzene rings is 1. The van der Waals surface area contributed by atoms with Gasteiger partial charge >= 0.3 is 0 Å². The lowest BCUT2D eigenvalue weighted by Crippen LogP contribution is -2.48. The van der Waals surface area contributed by atoms with Gasteiger partial charge in [-0.15, -0.1) is 0 Å². The van der Waals surface area contributed by atoms with Crippen LogP contribution in [0.25, 0.3) is 0 Å². The van der Waals surface area contributed by atoms with Crippen molar-refractivity contribution < 1.29 is 18.0 Å². The van der Waals surface area contributed by atoms with Gasteiger partial charge in [-0.25, -0.2) is 13.2 Å². The molecule has 1 aliphatic heterocycles. The number of halogens is 3. The van der Waals surface area contributed by atoms with E-state index in [0.717, 1.165) is 31.5 Å². The lowest BCUT2D eigenvalue weighted by Gasteiger charge is -2.28. The second-order valence-electron chi connectivity index (χ2n) is 4.79. The Kier molecular flexibility index (Phi) is 4.09. The normalized spacial score (nSPS) is 23.2. The van der Waals surface area contributed by atoms with E-state index < -0.39 is 23.5 Å². The van der Waals surface area contributed by atoms with E-state index in [-0.39, 0.29) is 17.5 Å². The molecular formula is C13H15F3N2O. The SMILES string of the molecule is CC1CCCNC1C(=O)Nc1cc(F)c(F)c(F)c1. The van der Waals surface area contributed by atoms with E-state index in [2.05, 4.69) is 10.6 Å². The Morgan fingerprint density at radius 2 is 1.95 bits per heavy atom. The zero-order valence-corrected chi connectivity index (χ0v) is 10.5. The molecule has 2 unspecified atom stereocenters. The molecule has 6 heteroatoms. The van der Waals surface area contributed by atoms with E-state index in [1.807, 2.05) is 6.92 Å². The number of carbonyl (C=O) groups excluding carboxylic acids is 1. The van der Waals surface area contributed by atoms with E-state index in [4.69, 9.17) is 0 Å². The van der Waals surface area contributed by atoms with E-state index in [0.29, 0.717) is 0 Å². The maximum absolute atomic E-state index is 13.0. The van der Waals surface area contributed by atoms with Crippen molar-refractivity contribution in [2.75, 3.05) is 11.9 Å². The minimum atomic E-state index is -1.54. The van der Waals surface area contributed by atoms with Gasteiger partial charge in [-0.05, 0) is 25.3 Å². The van der Waals surface area contributed by atoms with E-state index in [9.17, 15) is 18.0 Å². The molecule has 1 fully saturated rings. The first-order valence-electron chi connectivity index (χ1n) is 6.18. The van der Waals surface area contributed by atoms with Crippen LogP contribution in [0.5, 0.6) is 0 Å². The van der Waals surface area contributed by atoms with Gasteiger partial charge in [0.2, 0.25) is 5.91 Å². The van der Waals surface area contributed by atoms with Crippen molar-refractivity contribution in [3.8, 4) is 0 Å². The van der Waals surface area contributed by atoms with Crippen LogP contribution in [0.15, 0.2) is 12.1 Å². The highest BCUT2D eigenvalue weighted by Crippen LogP contribution is 2.20. The molecule has 0 bridgehead atoms. The Balaban J connectivity index is 2.10. The summed E-state index contributed by atoms with van der Waals surface area (Å²) in [6.07, 6.45) is 1.90. The van der Waals surface area contributed by atoms with Gasteiger partial charge in [-0.1, -0.05) is 6.92 Å². The molecule has 0 radical (unpaired) electrons. The summed E-state index contributed by atoms with van der Waals surface area (Å²) < 4.78 is 38.8. The summed E-state index contributed by atoms with van der Waals surface area (Å²) >= 11 is 0. The molecule has 1 aromatic carbocycles. The highest BCUT2D eigenvalue weighted by atomic mass is 19.2. The largest absolute Gasteiger partial charge is 0.325 e. The molecule has 0 aromatic heterocycles. The molecule has 1 amide bonds. The van der Waals surface area contributed by atoms with Gasteiger partial charge in [-0.2, -0.15) is 0 Å².